The molecule has 0 spiro atoms. The van der Waals surface area contributed by atoms with Crippen molar-refractivity contribution in [1.29, 1.82) is 0 Å². The Kier molecular flexibility index (Phi) is 5.97. The van der Waals surface area contributed by atoms with Crippen molar-refractivity contribution < 1.29 is 9.59 Å². The minimum Gasteiger partial charge on any atom is -0.330 e. The summed E-state index contributed by atoms with van der Waals surface area (Å²) in [6.07, 6.45) is 3.42. The average Bonchev–Trinajstić information content (AvgIpc) is 1.98. The summed E-state index contributed by atoms with van der Waals surface area (Å²) in [6.45, 7) is 0.662. The molecule has 2 N–H and O–H groups in total. The lowest BCUT2D eigenvalue weighted by atomic mass is 10.1. The fourth-order valence-electron chi connectivity index (χ4n) is 0.679. The van der Waals surface area contributed by atoms with Crippen LogP contribution in [0.5, 0.6) is 0 Å². The number of nitrogens with two attached hydrogens (primary N) is 1. The van der Waals surface area contributed by atoms with Gasteiger partial charge in [-0.25, -0.2) is 0 Å². The van der Waals surface area contributed by atoms with Crippen LogP contribution in [0, 0.1) is 0 Å². The van der Waals surface area contributed by atoms with Crippen LogP contribution >= 0.6 is 0 Å². The standard InChI is InChI=1S/C7H13NO2/c8-5-3-1-2-4-7(10)6-9/h6H,1-5,8H2. The average molecular weight is 143 g/mol. The van der Waals surface area contributed by atoms with Crippen LogP contribution in [0.1, 0.15) is 25.7 Å². The number of aldehydes is 1. The van der Waals surface area contributed by atoms with Gasteiger partial charge in [0.25, 0.3) is 0 Å². The number of carbonyl (C=O) groups excluding carboxylic acids is 2. The third-order valence-corrected chi connectivity index (χ3v) is 1.26. The predicted octanol–water partition coefficient (Wildman–Crippen LogP) is 0.274. The van der Waals surface area contributed by atoms with E-state index in [2.05, 4.69) is 0 Å². The van der Waals surface area contributed by atoms with E-state index in [0.717, 1.165) is 19.3 Å². The van der Waals surface area contributed by atoms with Crippen molar-refractivity contribution in [3.8, 4) is 0 Å². The Morgan fingerprint density at radius 1 is 1.30 bits per heavy atom. The third-order valence-electron chi connectivity index (χ3n) is 1.26. The molecule has 0 fully saturated rings. The molecule has 0 radical (unpaired) electrons. The molecule has 0 aromatic rings. The van der Waals surface area contributed by atoms with Crippen molar-refractivity contribution in [2.45, 2.75) is 25.7 Å². The molecule has 0 atom stereocenters. The monoisotopic (exact) mass is 143 g/mol. The highest BCUT2D eigenvalue weighted by molar-refractivity contribution is 6.24. The van der Waals surface area contributed by atoms with Gasteiger partial charge in [-0.1, -0.05) is 6.42 Å². The molecule has 10 heavy (non-hydrogen) atoms. The van der Waals surface area contributed by atoms with Crippen molar-refractivity contribution in [3.05, 3.63) is 0 Å². The maximum absolute atomic E-state index is 10.4. The van der Waals surface area contributed by atoms with Gasteiger partial charge < -0.3 is 5.73 Å². The van der Waals surface area contributed by atoms with E-state index in [1.54, 1.807) is 0 Å². The Morgan fingerprint density at radius 3 is 2.50 bits per heavy atom. The highest BCUT2D eigenvalue weighted by Gasteiger charge is 1.96. The van der Waals surface area contributed by atoms with E-state index in [-0.39, 0.29) is 5.78 Å². The zero-order valence-electron chi connectivity index (χ0n) is 6.01. The molecule has 0 aliphatic rings. The van der Waals surface area contributed by atoms with Crippen molar-refractivity contribution in [2.75, 3.05) is 6.54 Å². The molecule has 3 heteroatoms. The zero-order chi connectivity index (χ0) is 7.82. The fraction of sp³-hybridized carbons (Fsp3) is 0.714. The van der Waals surface area contributed by atoms with Crippen LogP contribution in [0.2, 0.25) is 0 Å². The summed E-state index contributed by atoms with van der Waals surface area (Å²) in [5.74, 6) is -0.308. The van der Waals surface area contributed by atoms with Crippen LogP contribution in [0.25, 0.3) is 0 Å². The summed E-state index contributed by atoms with van der Waals surface area (Å²) >= 11 is 0. The maximum Gasteiger partial charge on any atom is 0.195 e. The SMILES string of the molecule is NCCCCCC(=O)C=O. The van der Waals surface area contributed by atoms with Gasteiger partial charge in [-0.15, -0.1) is 0 Å². The number of rotatable bonds is 6. The maximum atomic E-state index is 10.4. The fourth-order valence-corrected chi connectivity index (χ4v) is 0.679. The summed E-state index contributed by atoms with van der Waals surface area (Å²) in [6, 6.07) is 0. The quantitative estimate of drug-likeness (QED) is 0.330. The molecule has 0 aliphatic carbocycles. The van der Waals surface area contributed by atoms with Gasteiger partial charge in [0.2, 0.25) is 0 Å². The van der Waals surface area contributed by atoms with E-state index in [4.69, 9.17) is 5.73 Å². The highest BCUT2D eigenvalue weighted by Crippen LogP contribution is 1.97. The lowest BCUT2D eigenvalue weighted by molar-refractivity contribution is -0.129. The largest absolute Gasteiger partial charge is 0.330 e. The Balaban J connectivity index is 3.03. The first-order valence-electron chi connectivity index (χ1n) is 3.49. The van der Waals surface area contributed by atoms with Crippen molar-refractivity contribution in [2.24, 2.45) is 5.73 Å². The van der Waals surface area contributed by atoms with Crippen LogP contribution in [-0.4, -0.2) is 18.6 Å². The van der Waals surface area contributed by atoms with Crippen LogP contribution in [-0.2, 0) is 9.59 Å². The van der Waals surface area contributed by atoms with Crippen LogP contribution in [0.3, 0.4) is 0 Å². The Morgan fingerprint density at radius 2 is 2.00 bits per heavy atom. The van der Waals surface area contributed by atoms with E-state index in [0.29, 0.717) is 19.3 Å². The minimum absolute atomic E-state index is 0.308. The van der Waals surface area contributed by atoms with E-state index < -0.39 is 0 Å². The summed E-state index contributed by atoms with van der Waals surface area (Å²) in [4.78, 5) is 20.2. The van der Waals surface area contributed by atoms with Crippen molar-refractivity contribution in [1.82, 2.24) is 0 Å². The van der Waals surface area contributed by atoms with Gasteiger partial charge in [-0.3, -0.25) is 9.59 Å². The first-order valence-corrected chi connectivity index (χ1v) is 3.49. The number of Topliss-reactive ketones (excluding diaryl/α,β-unsaturated/α-hetero) is 1. The normalized spacial score (nSPS) is 9.30. The zero-order valence-corrected chi connectivity index (χ0v) is 6.01. The molecule has 0 unspecified atom stereocenters. The van der Waals surface area contributed by atoms with Gasteiger partial charge in [0.15, 0.2) is 12.1 Å². The minimum atomic E-state index is -0.308. The van der Waals surface area contributed by atoms with E-state index in [1.165, 1.54) is 0 Å². The van der Waals surface area contributed by atoms with Crippen LogP contribution < -0.4 is 5.73 Å². The van der Waals surface area contributed by atoms with Gasteiger partial charge in [-0.05, 0) is 19.4 Å². The molecule has 3 nitrogen and oxygen atoms in total. The van der Waals surface area contributed by atoms with Crippen molar-refractivity contribution in [3.63, 3.8) is 0 Å². The Hall–Kier alpha value is -0.700. The second-order valence-corrected chi connectivity index (χ2v) is 2.18. The molecule has 0 heterocycles. The summed E-state index contributed by atoms with van der Waals surface area (Å²) < 4.78 is 0. The van der Waals surface area contributed by atoms with Gasteiger partial charge in [-0.2, -0.15) is 0 Å². The molecule has 0 saturated carbocycles. The number of carbonyl (C=O) groups is 2. The third kappa shape index (κ3) is 5.44. The predicted molar refractivity (Wildman–Crippen MR) is 38.6 cm³/mol. The van der Waals surface area contributed by atoms with E-state index in [9.17, 15) is 9.59 Å². The molecule has 58 valence electrons. The van der Waals surface area contributed by atoms with Gasteiger partial charge in [0.1, 0.15) is 0 Å². The van der Waals surface area contributed by atoms with Gasteiger partial charge >= 0.3 is 0 Å². The van der Waals surface area contributed by atoms with Crippen molar-refractivity contribution >= 4 is 12.1 Å². The van der Waals surface area contributed by atoms with Crippen LogP contribution in [0.4, 0.5) is 0 Å². The lowest BCUT2D eigenvalue weighted by Gasteiger charge is -1.93. The molecule has 0 rings (SSSR count). The number of hydrogen-bond acceptors (Lipinski definition) is 3. The molecule has 0 aromatic carbocycles. The first kappa shape index (κ1) is 9.30. The summed E-state index contributed by atoms with van der Waals surface area (Å²) in [5.41, 5.74) is 5.22. The number of ketones is 1. The summed E-state index contributed by atoms with van der Waals surface area (Å²) in [7, 11) is 0. The Labute approximate surface area is 60.6 Å². The Bertz CT molecular complexity index is 112. The van der Waals surface area contributed by atoms with Gasteiger partial charge in [0.05, 0.1) is 0 Å². The second-order valence-electron chi connectivity index (χ2n) is 2.18. The molecular weight excluding hydrogens is 130 g/mol. The van der Waals surface area contributed by atoms with Crippen LogP contribution in [0.15, 0.2) is 0 Å². The molecule has 0 aliphatic heterocycles. The molecular formula is C7H13NO2. The molecule has 0 aromatic heterocycles. The summed E-state index contributed by atoms with van der Waals surface area (Å²) in [5, 5.41) is 0. The molecule has 0 saturated heterocycles. The van der Waals surface area contributed by atoms with Gasteiger partial charge in [0, 0.05) is 6.42 Å². The highest BCUT2D eigenvalue weighted by atomic mass is 16.2. The molecule has 0 amide bonds. The second kappa shape index (κ2) is 6.42. The first-order chi connectivity index (χ1) is 4.81. The number of unbranched alkanes of at least 4 members (excludes halogenated alkanes) is 2. The number of hydrogen-bond donors (Lipinski definition) is 1. The van der Waals surface area contributed by atoms with E-state index in [1.807, 2.05) is 0 Å². The smallest absolute Gasteiger partial charge is 0.195 e. The lowest BCUT2D eigenvalue weighted by Crippen LogP contribution is -2.01. The topological polar surface area (TPSA) is 60.2 Å². The van der Waals surface area contributed by atoms with E-state index >= 15 is 0 Å². The molecule has 0 bridgehead atoms.